The Morgan fingerprint density at radius 3 is 1.41 bits per heavy atom. The highest BCUT2D eigenvalue weighted by Crippen LogP contribution is 2.33. The number of hydrogen-bond donors (Lipinski definition) is 11. The summed E-state index contributed by atoms with van der Waals surface area (Å²) in [6, 6.07) is 5.38. The van der Waals surface area contributed by atoms with Crippen LogP contribution in [0.4, 0.5) is 0 Å². The summed E-state index contributed by atoms with van der Waals surface area (Å²) in [5.41, 5.74) is 0. The van der Waals surface area contributed by atoms with Crippen molar-refractivity contribution in [2.75, 3.05) is 19.8 Å². The maximum Gasteiger partial charge on any atom is 0.229 e. The Kier molecular flexibility index (Phi) is 10.7. The van der Waals surface area contributed by atoms with E-state index in [0.29, 0.717) is 0 Å². The van der Waals surface area contributed by atoms with Gasteiger partial charge in [-0.05, 0) is 24.3 Å². The van der Waals surface area contributed by atoms with Crippen LogP contribution >= 0.6 is 0 Å². The Labute approximate surface area is 232 Å². The molecule has 17 nitrogen and oxygen atoms in total. The van der Waals surface area contributed by atoms with Crippen molar-refractivity contribution < 1.29 is 84.6 Å². The molecule has 234 valence electrons. The molecule has 0 radical (unpaired) electrons. The predicted molar refractivity (Wildman–Crippen MR) is 128 cm³/mol. The van der Waals surface area contributed by atoms with Crippen molar-refractivity contribution in [2.24, 2.45) is 0 Å². The minimum Gasteiger partial charge on any atom is -0.508 e. The van der Waals surface area contributed by atoms with E-state index >= 15 is 0 Å². The molecule has 3 aliphatic rings. The number of aliphatic hydroxyl groups is 10. The van der Waals surface area contributed by atoms with Crippen LogP contribution in [0.25, 0.3) is 0 Å². The molecule has 3 heterocycles. The Hall–Kier alpha value is -1.78. The van der Waals surface area contributed by atoms with Crippen LogP contribution < -0.4 is 4.74 Å². The van der Waals surface area contributed by atoms with Crippen LogP contribution in [-0.4, -0.2) is 168 Å². The number of benzene rings is 1. The second kappa shape index (κ2) is 13.7. The second-order valence-electron chi connectivity index (χ2n) is 9.92. The van der Waals surface area contributed by atoms with E-state index in [9.17, 15) is 56.2 Å². The number of phenolic OH excluding ortho intramolecular Hbond substituents is 1. The van der Waals surface area contributed by atoms with Gasteiger partial charge in [0.2, 0.25) is 6.29 Å². The van der Waals surface area contributed by atoms with Gasteiger partial charge < -0.3 is 84.6 Å². The quantitative estimate of drug-likeness (QED) is 0.127. The second-order valence-corrected chi connectivity index (χ2v) is 9.92. The summed E-state index contributed by atoms with van der Waals surface area (Å²) in [5.74, 6) is 0.125. The largest absolute Gasteiger partial charge is 0.508 e. The van der Waals surface area contributed by atoms with E-state index in [-0.39, 0.29) is 11.5 Å². The summed E-state index contributed by atoms with van der Waals surface area (Å²) in [5, 5.41) is 112. The van der Waals surface area contributed by atoms with Crippen LogP contribution in [0, 0.1) is 0 Å². The third-order valence-corrected chi connectivity index (χ3v) is 7.16. The average Bonchev–Trinajstić information content (AvgIpc) is 2.97. The van der Waals surface area contributed by atoms with Gasteiger partial charge in [0, 0.05) is 0 Å². The van der Waals surface area contributed by atoms with Crippen molar-refractivity contribution in [3.63, 3.8) is 0 Å². The smallest absolute Gasteiger partial charge is 0.229 e. The van der Waals surface area contributed by atoms with Crippen LogP contribution in [0.3, 0.4) is 0 Å². The standard InChI is InChI=1S/C24H36O17/c25-5-10-13(29)14(30)17(33)23(37-10)40-21-12(7-27)39-24(19(35)16(21)32)41-20-11(6-26)38-22(18(34)15(20)31)36-9-3-1-8(28)2-4-9/h1-4,10-35H,5-7H2/t10-,11-,12-,13-,14+,15-,16-,17-,18-,19-,20-,21-,22-,23-,24-/m1/s1. The van der Waals surface area contributed by atoms with Crippen molar-refractivity contribution in [3.8, 4) is 11.5 Å². The third-order valence-electron chi connectivity index (χ3n) is 7.16. The van der Waals surface area contributed by atoms with Gasteiger partial charge in [-0.25, -0.2) is 0 Å². The first-order chi connectivity index (χ1) is 19.5. The van der Waals surface area contributed by atoms with Gasteiger partial charge in [-0.1, -0.05) is 0 Å². The lowest BCUT2D eigenvalue weighted by atomic mass is 9.96. The average molecular weight is 597 g/mol. The molecule has 0 bridgehead atoms. The number of aromatic hydroxyl groups is 1. The molecule has 15 atom stereocenters. The van der Waals surface area contributed by atoms with E-state index in [2.05, 4.69) is 0 Å². The number of hydrogen-bond acceptors (Lipinski definition) is 17. The fourth-order valence-corrected chi connectivity index (χ4v) is 4.80. The Balaban J connectivity index is 1.43. The van der Waals surface area contributed by atoms with E-state index in [1.54, 1.807) is 0 Å². The van der Waals surface area contributed by atoms with Gasteiger partial charge >= 0.3 is 0 Å². The van der Waals surface area contributed by atoms with E-state index < -0.39 is 112 Å². The van der Waals surface area contributed by atoms with Gasteiger partial charge in [0.05, 0.1) is 19.8 Å². The van der Waals surface area contributed by atoms with Gasteiger partial charge in [-0.2, -0.15) is 0 Å². The monoisotopic (exact) mass is 596 g/mol. The first-order valence-electron chi connectivity index (χ1n) is 12.8. The normalized spacial score (nSPS) is 45.4. The van der Waals surface area contributed by atoms with Crippen molar-refractivity contribution in [2.45, 2.75) is 92.1 Å². The number of ether oxygens (including phenoxy) is 6. The van der Waals surface area contributed by atoms with Gasteiger partial charge in [-0.15, -0.1) is 0 Å². The Bertz CT molecular complexity index is 947. The van der Waals surface area contributed by atoms with Crippen molar-refractivity contribution in [1.29, 1.82) is 0 Å². The molecule has 3 aliphatic heterocycles. The maximum atomic E-state index is 10.8. The number of phenols is 1. The summed E-state index contributed by atoms with van der Waals surface area (Å²) in [4.78, 5) is 0. The molecule has 3 saturated heterocycles. The Morgan fingerprint density at radius 1 is 0.512 bits per heavy atom. The lowest BCUT2D eigenvalue weighted by molar-refractivity contribution is -0.376. The minimum atomic E-state index is -1.93. The molecule has 41 heavy (non-hydrogen) atoms. The number of rotatable bonds is 9. The fourth-order valence-electron chi connectivity index (χ4n) is 4.80. The summed E-state index contributed by atoms with van der Waals surface area (Å²) in [7, 11) is 0. The summed E-state index contributed by atoms with van der Waals surface area (Å²) in [6.07, 6.45) is -24.8. The lowest BCUT2D eigenvalue weighted by Gasteiger charge is -2.48. The summed E-state index contributed by atoms with van der Waals surface area (Å²) < 4.78 is 32.9. The molecule has 0 saturated carbocycles. The molecule has 3 fully saturated rings. The molecular weight excluding hydrogens is 560 g/mol. The molecule has 0 aliphatic carbocycles. The fraction of sp³-hybridized carbons (Fsp3) is 0.750. The summed E-state index contributed by atoms with van der Waals surface area (Å²) in [6.45, 7) is -2.33. The first kappa shape index (κ1) is 32.1. The van der Waals surface area contributed by atoms with Crippen LogP contribution in [0.15, 0.2) is 24.3 Å². The first-order valence-corrected chi connectivity index (χ1v) is 12.8. The van der Waals surface area contributed by atoms with Gasteiger partial charge in [0.15, 0.2) is 12.6 Å². The van der Waals surface area contributed by atoms with Crippen molar-refractivity contribution in [1.82, 2.24) is 0 Å². The zero-order valence-corrected chi connectivity index (χ0v) is 21.5. The highest BCUT2D eigenvalue weighted by atomic mass is 16.8. The van der Waals surface area contributed by atoms with Crippen LogP contribution in [0.5, 0.6) is 11.5 Å². The molecule has 1 aromatic carbocycles. The maximum absolute atomic E-state index is 10.8. The molecular formula is C24H36O17. The lowest BCUT2D eigenvalue weighted by Crippen LogP contribution is -2.66. The third kappa shape index (κ3) is 6.74. The van der Waals surface area contributed by atoms with E-state index in [0.717, 1.165) is 0 Å². The molecule has 0 aromatic heterocycles. The zero-order valence-electron chi connectivity index (χ0n) is 21.5. The molecule has 0 amide bonds. The van der Waals surface area contributed by atoms with Crippen LogP contribution in [0.2, 0.25) is 0 Å². The van der Waals surface area contributed by atoms with Crippen molar-refractivity contribution in [3.05, 3.63) is 24.3 Å². The summed E-state index contributed by atoms with van der Waals surface area (Å²) >= 11 is 0. The van der Waals surface area contributed by atoms with E-state index in [1.807, 2.05) is 0 Å². The minimum absolute atomic E-state index is 0.0422. The molecule has 0 spiro atoms. The molecule has 4 rings (SSSR count). The highest BCUT2D eigenvalue weighted by molar-refractivity contribution is 5.30. The van der Waals surface area contributed by atoms with E-state index in [4.69, 9.17) is 28.4 Å². The van der Waals surface area contributed by atoms with Gasteiger partial charge in [-0.3, -0.25) is 0 Å². The molecule has 11 N–H and O–H groups in total. The van der Waals surface area contributed by atoms with E-state index in [1.165, 1.54) is 24.3 Å². The van der Waals surface area contributed by atoms with Gasteiger partial charge in [0.25, 0.3) is 0 Å². The Morgan fingerprint density at radius 2 is 0.927 bits per heavy atom. The van der Waals surface area contributed by atoms with Gasteiger partial charge in [0.1, 0.15) is 84.7 Å². The highest BCUT2D eigenvalue weighted by Gasteiger charge is 2.53. The number of aliphatic hydroxyl groups excluding tert-OH is 10. The SMILES string of the molecule is OC[C@H]1O[C@H](O[C@H]2[C@H](O)[C@@H](O)[C@@H](O[C@H]3[C@H](O)[C@@H](O)[C@H](Oc4ccc(O)cc4)O[C@@H]3CO)O[C@@H]2CO)[C@H](O)[C@@H](O)[C@@H]1O. The molecule has 17 heteroatoms. The zero-order chi connectivity index (χ0) is 30.0. The topological polar surface area (TPSA) is 278 Å². The van der Waals surface area contributed by atoms with Crippen LogP contribution in [-0.2, 0) is 23.7 Å². The van der Waals surface area contributed by atoms with Crippen LogP contribution in [0.1, 0.15) is 0 Å². The molecule has 1 aromatic rings. The molecule has 0 unspecified atom stereocenters. The predicted octanol–water partition coefficient (Wildman–Crippen LogP) is -5.78. The van der Waals surface area contributed by atoms with Crippen molar-refractivity contribution >= 4 is 0 Å².